The van der Waals surface area contributed by atoms with Crippen molar-refractivity contribution < 1.29 is 32.2 Å². The molecule has 188 valence electrons. The fraction of sp³-hybridized carbons (Fsp3) is 0.480. The third kappa shape index (κ3) is 5.10. The fourth-order valence-corrected chi connectivity index (χ4v) is 5.50. The highest BCUT2D eigenvalue weighted by molar-refractivity contribution is 5.94. The molecule has 3 aliphatic rings. The lowest BCUT2D eigenvalue weighted by molar-refractivity contribution is -0.274. The SMILES string of the molecule is COc1ccc(C(=O)N2C[C@@H]3COCCN3C3(CN(Cc4ccc(OC(F)(F)F)cc4)C3)C2)cc1. The molecule has 2 aromatic rings. The van der Waals surface area contributed by atoms with Gasteiger partial charge in [0.15, 0.2) is 0 Å². The monoisotopic (exact) mass is 491 g/mol. The van der Waals surface area contributed by atoms with Crippen LogP contribution < -0.4 is 9.47 Å². The van der Waals surface area contributed by atoms with Gasteiger partial charge in [0.05, 0.1) is 31.9 Å². The van der Waals surface area contributed by atoms with Crippen LogP contribution in [0.4, 0.5) is 13.2 Å². The maximum Gasteiger partial charge on any atom is 0.573 e. The first-order valence-electron chi connectivity index (χ1n) is 11.6. The van der Waals surface area contributed by atoms with Gasteiger partial charge in [0.2, 0.25) is 0 Å². The Hall–Kier alpha value is -2.82. The number of carbonyl (C=O) groups is 1. The lowest BCUT2D eigenvalue weighted by Crippen LogP contribution is -2.80. The van der Waals surface area contributed by atoms with Gasteiger partial charge < -0.3 is 19.1 Å². The maximum absolute atomic E-state index is 13.3. The van der Waals surface area contributed by atoms with E-state index in [1.807, 2.05) is 4.90 Å². The number of fused-ring (bicyclic) bond motifs is 2. The minimum atomic E-state index is -4.70. The quantitative estimate of drug-likeness (QED) is 0.641. The standard InChI is InChI=1S/C25H28F3N3O4/c1-33-21-8-4-19(5-9-21)23(32)30-13-20-14-34-11-10-31(20)24(17-30)15-29(16-24)12-18-2-6-22(7-3-18)35-25(26,27)28/h2-9,20H,10-17H2,1H3/t20-/m1/s1. The number of ether oxygens (including phenoxy) is 3. The van der Waals surface area contributed by atoms with Crippen molar-refractivity contribution in [2.45, 2.75) is 24.5 Å². The van der Waals surface area contributed by atoms with Crippen LogP contribution in [0.15, 0.2) is 48.5 Å². The van der Waals surface area contributed by atoms with Crippen molar-refractivity contribution in [2.75, 3.05) is 53.0 Å². The molecule has 0 N–H and O–H groups in total. The summed E-state index contributed by atoms with van der Waals surface area (Å²) in [6, 6.07) is 13.3. The van der Waals surface area contributed by atoms with Crippen LogP contribution in [0, 0.1) is 0 Å². The number of hydrogen-bond acceptors (Lipinski definition) is 6. The van der Waals surface area contributed by atoms with Gasteiger partial charge in [-0.05, 0) is 42.0 Å². The first kappa shape index (κ1) is 23.9. The second-order valence-electron chi connectivity index (χ2n) is 9.40. The third-order valence-electron chi connectivity index (χ3n) is 6.98. The van der Waals surface area contributed by atoms with Crippen LogP contribution >= 0.6 is 0 Å². The second-order valence-corrected chi connectivity index (χ2v) is 9.40. The van der Waals surface area contributed by atoms with Crippen LogP contribution in [-0.2, 0) is 11.3 Å². The number of alkyl halides is 3. The zero-order valence-electron chi connectivity index (χ0n) is 19.5. The van der Waals surface area contributed by atoms with Crippen molar-refractivity contribution in [2.24, 2.45) is 0 Å². The number of benzene rings is 2. The summed E-state index contributed by atoms with van der Waals surface area (Å²) in [5.41, 5.74) is 1.38. The predicted octanol–water partition coefficient (Wildman–Crippen LogP) is 3.01. The van der Waals surface area contributed by atoms with Crippen LogP contribution in [0.25, 0.3) is 0 Å². The lowest BCUT2D eigenvalue weighted by Gasteiger charge is -2.63. The van der Waals surface area contributed by atoms with Crippen LogP contribution in [0.2, 0.25) is 0 Å². The van der Waals surface area contributed by atoms with Crippen LogP contribution in [0.3, 0.4) is 0 Å². The Balaban J connectivity index is 1.26. The summed E-state index contributed by atoms with van der Waals surface area (Å²) in [5.74, 6) is 0.476. The Morgan fingerprint density at radius 2 is 1.74 bits per heavy atom. The molecule has 3 saturated heterocycles. The average Bonchev–Trinajstić information content (AvgIpc) is 2.82. The summed E-state index contributed by atoms with van der Waals surface area (Å²) in [6.45, 7) is 5.51. The Morgan fingerprint density at radius 1 is 1.06 bits per heavy atom. The molecule has 0 aliphatic carbocycles. The highest BCUT2D eigenvalue weighted by Crippen LogP contribution is 2.37. The van der Waals surface area contributed by atoms with E-state index in [4.69, 9.17) is 9.47 Å². The molecule has 0 saturated carbocycles. The van der Waals surface area contributed by atoms with Crippen molar-refractivity contribution in [1.29, 1.82) is 0 Å². The average molecular weight is 492 g/mol. The number of carbonyl (C=O) groups excluding carboxylic acids is 1. The van der Waals surface area contributed by atoms with Gasteiger partial charge in [0.1, 0.15) is 11.5 Å². The molecule has 5 rings (SSSR count). The summed E-state index contributed by atoms with van der Waals surface area (Å²) in [4.78, 5) is 20.0. The highest BCUT2D eigenvalue weighted by atomic mass is 19.4. The molecule has 2 aromatic carbocycles. The summed E-state index contributed by atoms with van der Waals surface area (Å²) in [5, 5.41) is 0. The minimum Gasteiger partial charge on any atom is -0.497 e. The first-order valence-corrected chi connectivity index (χ1v) is 11.6. The van der Waals surface area contributed by atoms with Crippen LogP contribution in [0.1, 0.15) is 15.9 Å². The van der Waals surface area contributed by atoms with E-state index in [-0.39, 0.29) is 23.2 Å². The molecule has 0 unspecified atom stereocenters. The number of methoxy groups -OCH3 is 1. The fourth-order valence-electron chi connectivity index (χ4n) is 5.50. The lowest BCUT2D eigenvalue weighted by atomic mass is 9.82. The Bertz CT molecular complexity index is 1040. The van der Waals surface area contributed by atoms with Gasteiger partial charge in [0, 0.05) is 44.8 Å². The van der Waals surface area contributed by atoms with Gasteiger partial charge in [-0.2, -0.15) is 0 Å². The Kier molecular flexibility index (Phi) is 6.37. The molecule has 0 bridgehead atoms. The van der Waals surface area contributed by atoms with Gasteiger partial charge in [-0.1, -0.05) is 12.1 Å². The van der Waals surface area contributed by atoms with E-state index in [2.05, 4.69) is 14.5 Å². The molecule has 3 aliphatic heterocycles. The van der Waals surface area contributed by atoms with E-state index in [9.17, 15) is 18.0 Å². The Labute approximate surface area is 201 Å². The third-order valence-corrected chi connectivity index (χ3v) is 6.98. The van der Waals surface area contributed by atoms with E-state index in [0.29, 0.717) is 44.2 Å². The number of nitrogens with zero attached hydrogens (tertiary/aromatic N) is 3. The van der Waals surface area contributed by atoms with E-state index in [1.165, 1.54) is 12.1 Å². The number of likely N-dealkylation sites (tertiary alicyclic amines) is 1. The summed E-state index contributed by atoms with van der Waals surface area (Å²) in [7, 11) is 1.59. The number of hydrogen-bond donors (Lipinski definition) is 0. The molecule has 1 atom stereocenters. The smallest absolute Gasteiger partial charge is 0.497 e. The highest BCUT2D eigenvalue weighted by Gasteiger charge is 2.54. The zero-order valence-corrected chi connectivity index (χ0v) is 19.5. The van der Waals surface area contributed by atoms with Gasteiger partial charge in [-0.25, -0.2) is 0 Å². The van der Waals surface area contributed by atoms with E-state index < -0.39 is 6.36 Å². The van der Waals surface area contributed by atoms with Gasteiger partial charge >= 0.3 is 6.36 Å². The molecule has 10 heteroatoms. The molecule has 0 radical (unpaired) electrons. The van der Waals surface area contributed by atoms with Gasteiger partial charge in [-0.15, -0.1) is 13.2 Å². The number of rotatable bonds is 5. The summed E-state index contributed by atoms with van der Waals surface area (Å²) < 4.78 is 52.1. The molecule has 1 amide bonds. The second kappa shape index (κ2) is 9.33. The number of amides is 1. The van der Waals surface area contributed by atoms with Crippen molar-refractivity contribution in [3.63, 3.8) is 0 Å². The molecule has 1 spiro atoms. The van der Waals surface area contributed by atoms with E-state index >= 15 is 0 Å². The molecular weight excluding hydrogens is 463 g/mol. The predicted molar refractivity (Wildman–Crippen MR) is 121 cm³/mol. The number of morpholine rings is 1. The minimum absolute atomic E-state index is 0.00375. The van der Waals surface area contributed by atoms with E-state index in [0.717, 1.165) is 25.2 Å². The van der Waals surface area contributed by atoms with Crippen molar-refractivity contribution >= 4 is 5.91 Å². The van der Waals surface area contributed by atoms with E-state index in [1.54, 1.807) is 43.5 Å². The van der Waals surface area contributed by atoms with Crippen molar-refractivity contribution in [1.82, 2.24) is 14.7 Å². The molecular formula is C25H28F3N3O4. The maximum atomic E-state index is 13.3. The molecule has 7 nitrogen and oxygen atoms in total. The van der Waals surface area contributed by atoms with Crippen LogP contribution in [-0.4, -0.2) is 91.6 Å². The zero-order chi connectivity index (χ0) is 24.6. The normalized spacial score (nSPS) is 22.4. The van der Waals surface area contributed by atoms with Crippen LogP contribution in [0.5, 0.6) is 11.5 Å². The van der Waals surface area contributed by atoms with Gasteiger partial charge in [0.25, 0.3) is 5.91 Å². The molecule has 3 heterocycles. The largest absolute Gasteiger partial charge is 0.573 e. The summed E-state index contributed by atoms with van der Waals surface area (Å²) in [6.07, 6.45) is -4.70. The number of halogens is 3. The Morgan fingerprint density at radius 3 is 2.40 bits per heavy atom. The molecule has 35 heavy (non-hydrogen) atoms. The van der Waals surface area contributed by atoms with Gasteiger partial charge in [-0.3, -0.25) is 14.6 Å². The number of piperazine rings is 1. The summed E-state index contributed by atoms with van der Waals surface area (Å²) >= 11 is 0. The first-order chi connectivity index (χ1) is 16.7. The van der Waals surface area contributed by atoms with Crippen molar-refractivity contribution in [3.05, 3.63) is 59.7 Å². The van der Waals surface area contributed by atoms with Crippen molar-refractivity contribution in [3.8, 4) is 11.5 Å². The molecule has 3 fully saturated rings. The topological polar surface area (TPSA) is 54.5 Å². The molecule has 0 aromatic heterocycles.